The van der Waals surface area contributed by atoms with Gasteiger partial charge < -0.3 is 0 Å². The largest absolute Gasteiger partial charge is 0.298 e. The van der Waals surface area contributed by atoms with E-state index in [2.05, 4.69) is 15.3 Å². The summed E-state index contributed by atoms with van der Waals surface area (Å²) in [6.45, 7) is 3.22. The number of sulfone groups is 1. The number of hydrogen-bond acceptors (Lipinski definition) is 6. The lowest BCUT2D eigenvalue weighted by atomic mass is 10.2. The second-order valence-corrected chi connectivity index (χ2v) is 9.22. The number of nitrogens with zero attached hydrogens (tertiary/aromatic N) is 2. The van der Waals surface area contributed by atoms with Crippen molar-refractivity contribution in [3.05, 3.63) is 59.7 Å². The molecule has 1 amide bonds. The molecule has 0 atom stereocenters. The van der Waals surface area contributed by atoms with Crippen LogP contribution in [-0.4, -0.2) is 29.5 Å². The average Bonchev–Trinajstić information content (AvgIpc) is 3.11. The Morgan fingerprint density at radius 2 is 2.00 bits per heavy atom. The molecule has 0 saturated carbocycles. The van der Waals surface area contributed by atoms with E-state index in [4.69, 9.17) is 0 Å². The zero-order valence-corrected chi connectivity index (χ0v) is 15.8. The van der Waals surface area contributed by atoms with Crippen LogP contribution in [-0.2, 0) is 9.84 Å². The van der Waals surface area contributed by atoms with Gasteiger partial charge in [-0.25, -0.2) is 13.4 Å². The molecule has 0 saturated heterocycles. The highest BCUT2D eigenvalue weighted by Gasteiger charge is 2.20. The van der Waals surface area contributed by atoms with Crippen molar-refractivity contribution in [3.63, 3.8) is 0 Å². The number of pyridine rings is 1. The predicted octanol–water partition coefficient (Wildman–Crippen LogP) is 3.64. The van der Waals surface area contributed by atoms with Crippen molar-refractivity contribution in [2.45, 2.75) is 24.0 Å². The summed E-state index contributed by atoms with van der Waals surface area (Å²) in [5, 5.41) is 4.42. The number of amides is 1. The highest BCUT2D eigenvalue weighted by molar-refractivity contribution is 7.92. The van der Waals surface area contributed by atoms with E-state index in [0.29, 0.717) is 5.13 Å². The van der Waals surface area contributed by atoms with Gasteiger partial charge in [-0.05, 0) is 44.2 Å². The second kappa shape index (κ2) is 7.35. The zero-order chi connectivity index (χ0) is 18.7. The number of nitrogens with one attached hydrogen (secondary N) is 1. The first-order chi connectivity index (χ1) is 12.4. The van der Waals surface area contributed by atoms with E-state index < -0.39 is 21.0 Å². The fourth-order valence-corrected chi connectivity index (χ4v) is 4.05. The van der Waals surface area contributed by atoms with Gasteiger partial charge >= 0.3 is 0 Å². The van der Waals surface area contributed by atoms with Crippen LogP contribution in [0.5, 0.6) is 0 Å². The van der Waals surface area contributed by atoms with E-state index in [1.54, 1.807) is 38.4 Å². The third-order valence-electron chi connectivity index (χ3n) is 3.73. The number of anilines is 1. The molecule has 6 nitrogen and oxygen atoms in total. The molecule has 134 valence electrons. The Morgan fingerprint density at radius 1 is 1.19 bits per heavy atom. The third kappa shape index (κ3) is 3.81. The summed E-state index contributed by atoms with van der Waals surface area (Å²) in [5.74, 6) is -0.405. The third-order valence-corrected chi connectivity index (χ3v) is 6.64. The summed E-state index contributed by atoms with van der Waals surface area (Å²) in [6.07, 6.45) is 3.37. The predicted molar refractivity (Wildman–Crippen MR) is 102 cm³/mol. The molecular weight excluding hydrogens is 370 g/mol. The van der Waals surface area contributed by atoms with Crippen molar-refractivity contribution < 1.29 is 13.2 Å². The number of hydrogen-bond donors (Lipinski definition) is 1. The van der Waals surface area contributed by atoms with Crippen LogP contribution in [0.15, 0.2) is 59.1 Å². The van der Waals surface area contributed by atoms with E-state index in [9.17, 15) is 13.2 Å². The molecule has 0 fully saturated rings. The van der Waals surface area contributed by atoms with Crippen molar-refractivity contribution >= 4 is 32.2 Å². The molecule has 0 unspecified atom stereocenters. The number of benzene rings is 1. The molecular formula is C18H17N3O3S2. The van der Waals surface area contributed by atoms with E-state index in [1.807, 2.05) is 17.5 Å². The van der Waals surface area contributed by atoms with Crippen LogP contribution in [0.4, 0.5) is 5.13 Å². The van der Waals surface area contributed by atoms with E-state index in [1.165, 1.54) is 23.5 Å². The van der Waals surface area contributed by atoms with Crippen LogP contribution >= 0.6 is 11.3 Å². The van der Waals surface area contributed by atoms with Gasteiger partial charge in [0, 0.05) is 28.9 Å². The molecule has 0 aliphatic heterocycles. The first kappa shape index (κ1) is 18.2. The fraction of sp³-hybridized carbons (Fsp3) is 0.167. The Kier molecular flexibility index (Phi) is 5.15. The first-order valence-corrected chi connectivity index (χ1v) is 10.3. The maximum Gasteiger partial charge on any atom is 0.257 e. The van der Waals surface area contributed by atoms with E-state index in [-0.39, 0.29) is 10.5 Å². The quantitative estimate of drug-likeness (QED) is 0.722. The molecule has 0 bridgehead atoms. The molecule has 0 radical (unpaired) electrons. The normalized spacial score (nSPS) is 11.5. The van der Waals surface area contributed by atoms with Gasteiger partial charge in [0.15, 0.2) is 15.0 Å². The first-order valence-electron chi connectivity index (χ1n) is 7.89. The smallest absolute Gasteiger partial charge is 0.257 e. The fourth-order valence-electron chi connectivity index (χ4n) is 2.23. The summed E-state index contributed by atoms with van der Waals surface area (Å²) >= 11 is 1.29. The summed E-state index contributed by atoms with van der Waals surface area (Å²) in [6, 6.07) is 9.72. The van der Waals surface area contributed by atoms with Crippen LogP contribution in [0, 0.1) is 0 Å². The Labute approximate surface area is 155 Å². The molecule has 0 aliphatic rings. The Balaban J connectivity index is 1.80. The van der Waals surface area contributed by atoms with Gasteiger partial charge in [-0.3, -0.25) is 15.1 Å². The Bertz CT molecular complexity index is 1030. The lowest BCUT2D eigenvalue weighted by Gasteiger charge is -2.09. The second-order valence-electron chi connectivity index (χ2n) is 5.86. The Hall–Kier alpha value is -2.58. The molecule has 1 aromatic carbocycles. The number of aromatic nitrogens is 2. The summed E-state index contributed by atoms with van der Waals surface area (Å²) in [5.41, 5.74) is 1.84. The van der Waals surface area contributed by atoms with Gasteiger partial charge in [0.1, 0.15) is 0 Å². The SMILES string of the molecule is CC(C)S(=O)(=O)c1cccc(C(=O)Nc2nc(-c3cccnc3)cs2)c1. The molecule has 0 spiro atoms. The summed E-state index contributed by atoms with van der Waals surface area (Å²) in [7, 11) is -3.44. The molecule has 2 heterocycles. The van der Waals surface area contributed by atoms with Gasteiger partial charge in [-0.1, -0.05) is 6.07 Å². The highest BCUT2D eigenvalue weighted by atomic mass is 32.2. The van der Waals surface area contributed by atoms with Gasteiger partial charge in [0.2, 0.25) is 0 Å². The monoisotopic (exact) mass is 387 g/mol. The molecule has 0 aliphatic carbocycles. The van der Waals surface area contributed by atoms with Crippen LogP contribution < -0.4 is 5.32 Å². The maximum atomic E-state index is 12.5. The van der Waals surface area contributed by atoms with Crippen molar-refractivity contribution in [1.29, 1.82) is 0 Å². The van der Waals surface area contributed by atoms with Gasteiger partial charge in [-0.15, -0.1) is 11.3 Å². The lowest BCUT2D eigenvalue weighted by molar-refractivity contribution is 0.102. The molecule has 3 rings (SSSR count). The number of rotatable bonds is 5. The topological polar surface area (TPSA) is 89.0 Å². The van der Waals surface area contributed by atoms with Crippen molar-refractivity contribution in [2.24, 2.45) is 0 Å². The van der Waals surface area contributed by atoms with Crippen molar-refractivity contribution in [3.8, 4) is 11.3 Å². The highest BCUT2D eigenvalue weighted by Crippen LogP contribution is 2.25. The van der Waals surface area contributed by atoms with Gasteiger partial charge in [0.25, 0.3) is 5.91 Å². The molecule has 2 aromatic heterocycles. The molecule has 3 aromatic rings. The number of thiazole rings is 1. The van der Waals surface area contributed by atoms with Crippen molar-refractivity contribution in [2.75, 3.05) is 5.32 Å². The zero-order valence-electron chi connectivity index (χ0n) is 14.2. The van der Waals surface area contributed by atoms with Crippen molar-refractivity contribution in [1.82, 2.24) is 9.97 Å². The van der Waals surface area contributed by atoms with Gasteiger partial charge in [0.05, 0.1) is 15.8 Å². The maximum absolute atomic E-state index is 12.5. The van der Waals surface area contributed by atoms with Crippen LogP contribution in [0.2, 0.25) is 0 Å². The lowest BCUT2D eigenvalue weighted by Crippen LogP contribution is -2.16. The molecule has 26 heavy (non-hydrogen) atoms. The van der Waals surface area contributed by atoms with Gasteiger partial charge in [-0.2, -0.15) is 0 Å². The van der Waals surface area contributed by atoms with Crippen LogP contribution in [0.1, 0.15) is 24.2 Å². The van der Waals surface area contributed by atoms with Crippen LogP contribution in [0.3, 0.4) is 0 Å². The minimum absolute atomic E-state index is 0.135. The minimum atomic E-state index is -3.44. The molecule has 8 heteroatoms. The van der Waals surface area contributed by atoms with E-state index >= 15 is 0 Å². The Morgan fingerprint density at radius 3 is 2.69 bits per heavy atom. The average molecular weight is 387 g/mol. The molecule has 1 N–H and O–H groups in total. The van der Waals surface area contributed by atoms with Crippen LogP contribution in [0.25, 0.3) is 11.3 Å². The number of carbonyl (C=O) groups excluding carboxylic acids is 1. The minimum Gasteiger partial charge on any atom is -0.298 e. The summed E-state index contributed by atoms with van der Waals surface area (Å²) < 4.78 is 24.6. The summed E-state index contributed by atoms with van der Waals surface area (Å²) in [4.78, 5) is 21.0. The standard InChI is InChI=1S/C18H17N3O3S2/c1-12(2)26(23,24)15-7-3-5-13(9-15)17(22)21-18-20-16(11-25-18)14-6-4-8-19-10-14/h3-12H,1-2H3,(H,20,21,22). The number of carbonyl (C=O) groups is 1. The van der Waals surface area contributed by atoms with E-state index in [0.717, 1.165) is 11.3 Å².